The van der Waals surface area contributed by atoms with Crippen LogP contribution in [0.3, 0.4) is 0 Å². The second-order valence-electron chi connectivity index (χ2n) is 5.62. The van der Waals surface area contributed by atoms with E-state index in [1.165, 1.54) is 6.92 Å². The van der Waals surface area contributed by atoms with Gasteiger partial charge in [-0.25, -0.2) is 0 Å². The maximum absolute atomic E-state index is 12.4. The number of benzene rings is 2. The maximum atomic E-state index is 12.4. The molecule has 0 heterocycles. The molecular weight excluding hydrogens is 290 g/mol. The summed E-state index contributed by atoms with van der Waals surface area (Å²) in [7, 11) is 0. The average Bonchev–Trinajstić information content (AvgIpc) is 2.55. The van der Waals surface area contributed by atoms with Crippen LogP contribution in [0.5, 0.6) is 0 Å². The molecule has 0 aliphatic carbocycles. The molecule has 0 fully saturated rings. The molecule has 120 valence electrons. The zero-order valence-corrected chi connectivity index (χ0v) is 13.3. The fourth-order valence-electron chi connectivity index (χ4n) is 2.40. The van der Waals surface area contributed by atoms with Crippen molar-refractivity contribution < 1.29 is 14.7 Å². The molecule has 23 heavy (non-hydrogen) atoms. The van der Waals surface area contributed by atoms with Crippen LogP contribution >= 0.6 is 0 Å². The number of carbonyl (C=O) groups is 2. The Morgan fingerprint density at radius 3 is 2.17 bits per heavy atom. The summed E-state index contributed by atoms with van der Waals surface area (Å²) < 4.78 is 0. The maximum Gasteiger partial charge on any atom is 0.252 e. The third-order valence-corrected chi connectivity index (χ3v) is 3.77. The van der Waals surface area contributed by atoms with Crippen molar-refractivity contribution in [3.63, 3.8) is 0 Å². The first kappa shape index (κ1) is 16.9. The molecule has 0 bridgehead atoms. The van der Waals surface area contributed by atoms with Crippen molar-refractivity contribution in [2.24, 2.45) is 0 Å². The summed E-state index contributed by atoms with van der Waals surface area (Å²) in [6.07, 6.45) is -0.248. The largest absolute Gasteiger partial charge is 0.391 e. The minimum atomic E-state index is -0.703. The van der Waals surface area contributed by atoms with Gasteiger partial charge >= 0.3 is 0 Å². The minimum absolute atomic E-state index is 0.159. The molecule has 0 saturated heterocycles. The van der Waals surface area contributed by atoms with E-state index in [1.54, 1.807) is 31.2 Å². The smallest absolute Gasteiger partial charge is 0.252 e. The zero-order valence-electron chi connectivity index (χ0n) is 13.3. The van der Waals surface area contributed by atoms with Crippen LogP contribution in [0.2, 0.25) is 0 Å². The number of hydrogen-bond acceptors (Lipinski definition) is 3. The van der Waals surface area contributed by atoms with Crippen molar-refractivity contribution in [1.82, 2.24) is 5.32 Å². The Bertz CT molecular complexity index is 682. The Balaban J connectivity index is 2.03. The van der Waals surface area contributed by atoms with Gasteiger partial charge in [0.1, 0.15) is 0 Å². The SMILES string of the molecule is CC(=O)c1ccccc1C(=O)NC(C)C(O)Cc1ccccc1. The van der Waals surface area contributed by atoms with E-state index in [4.69, 9.17) is 0 Å². The second kappa shape index (κ2) is 7.70. The van der Waals surface area contributed by atoms with E-state index >= 15 is 0 Å². The van der Waals surface area contributed by atoms with E-state index in [-0.39, 0.29) is 11.7 Å². The zero-order chi connectivity index (χ0) is 16.8. The van der Waals surface area contributed by atoms with Crippen LogP contribution in [-0.4, -0.2) is 28.9 Å². The van der Waals surface area contributed by atoms with Gasteiger partial charge in [-0.2, -0.15) is 0 Å². The lowest BCUT2D eigenvalue weighted by atomic mass is 10.0. The number of amides is 1. The number of carbonyl (C=O) groups excluding carboxylic acids is 2. The number of ketones is 1. The fraction of sp³-hybridized carbons (Fsp3) is 0.263. The van der Waals surface area contributed by atoms with Gasteiger partial charge in [0.25, 0.3) is 5.91 Å². The molecule has 2 N–H and O–H groups in total. The van der Waals surface area contributed by atoms with Crippen molar-refractivity contribution >= 4 is 11.7 Å². The van der Waals surface area contributed by atoms with Crippen LogP contribution in [-0.2, 0) is 6.42 Å². The van der Waals surface area contributed by atoms with E-state index in [1.807, 2.05) is 30.3 Å². The lowest BCUT2D eigenvalue weighted by Gasteiger charge is -2.21. The van der Waals surface area contributed by atoms with Gasteiger partial charge in [0, 0.05) is 12.0 Å². The Hall–Kier alpha value is -2.46. The van der Waals surface area contributed by atoms with Gasteiger partial charge in [-0.1, -0.05) is 48.5 Å². The molecule has 0 aromatic heterocycles. The monoisotopic (exact) mass is 311 g/mol. The van der Waals surface area contributed by atoms with E-state index < -0.39 is 12.1 Å². The standard InChI is InChI=1S/C19H21NO3/c1-13(18(22)12-15-8-4-3-5-9-15)20-19(23)17-11-7-6-10-16(17)14(2)21/h3-11,13,18,22H,12H2,1-2H3,(H,20,23). The summed E-state index contributed by atoms with van der Waals surface area (Å²) in [5, 5.41) is 13.0. The van der Waals surface area contributed by atoms with E-state index in [0.717, 1.165) is 5.56 Å². The van der Waals surface area contributed by atoms with Gasteiger partial charge in [-0.05, 0) is 25.5 Å². The molecule has 1 amide bonds. The Morgan fingerprint density at radius 2 is 1.57 bits per heavy atom. The Labute approximate surface area is 136 Å². The third-order valence-electron chi connectivity index (χ3n) is 3.77. The fourth-order valence-corrected chi connectivity index (χ4v) is 2.40. The van der Waals surface area contributed by atoms with Gasteiger partial charge in [-0.15, -0.1) is 0 Å². The van der Waals surface area contributed by atoms with E-state index in [0.29, 0.717) is 17.5 Å². The van der Waals surface area contributed by atoms with Crippen molar-refractivity contribution in [3.8, 4) is 0 Å². The highest BCUT2D eigenvalue weighted by molar-refractivity contribution is 6.07. The van der Waals surface area contributed by atoms with Gasteiger partial charge in [0.05, 0.1) is 17.7 Å². The molecule has 4 nitrogen and oxygen atoms in total. The van der Waals surface area contributed by atoms with E-state index in [9.17, 15) is 14.7 Å². The van der Waals surface area contributed by atoms with Gasteiger partial charge < -0.3 is 10.4 Å². The first-order chi connectivity index (χ1) is 11.0. The highest BCUT2D eigenvalue weighted by atomic mass is 16.3. The molecular formula is C19H21NO3. The molecule has 2 unspecified atom stereocenters. The summed E-state index contributed by atoms with van der Waals surface area (Å²) in [5.74, 6) is -0.511. The number of nitrogens with one attached hydrogen (secondary N) is 1. The van der Waals surface area contributed by atoms with E-state index in [2.05, 4.69) is 5.32 Å². The van der Waals surface area contributed by atoms with Crippen molar-refractivity contribution in [3.05, 3.63) is 71.3 Å². The van der Waals surface area contributed by atoms with Crippen molar-refractivity contribution in [2.75, 3.05) is 0 Å². The Morgan fingerprint density at radius 1 is 1.00 bits per heavy atom. The highest BCUT2D eigenvalue weighted by Gasteiger charge is 2.20. The lowest BCUT2D eigenvalue weighted by molar-refractivity contribution is 0.0846. The average molecular weight is 311 g/mol. The molecule has 0 aliphatic heterocycles. The summed E-state index contributed by atoms with van der Waals surface area (Å²) in [6, 6.07) is 15.9. The second-order valence-corrected chi connectivity index (χ2v) is 5.62. The molecule has 2 atom stereocenters. The predicted octanol–water partition coefficient (Wildman–Crippen LogP) is 2.61. The molecule has 0 radical (unpaired) electrons. The molecule has 0 spiro atoms. The van der Waals surface area contributed by atoms with Crippen LogP contribution in [0.25, 0.3) is 0 Å². The molecule has 2 rings (SSSR count). The predicted molar refractivity (Wildman–Crippen MR) is 89.5 cm³/mol. The van der Waals surface area contributed by atoms with Crippen LogP contribution < -0.4 is 5.32 Å². The Kier molecular flexibility index (Phi) is 5.66. The first-order valence-corrected chi connectivity index (χ1v) is 7.62. The van der Waals surface area contributed by atoms with Crippen LogP contribution in [0.15, 0.2) is 54.6 Å². The first-order valence-electron chi connectivity index (χ1n) is 7.62. The molecule has 4 heteroatoms. The number of rotatable bonds is 6. The summed E-state index contributed by atoms with van der Waals surface area (Å²) >= 11 is 0. The quantitative estimate of drug-likeness (QED) is 0.806. The number of aliphatic hydroxyl groups excluding tert-OH is 1. The number of hydrogen-bond donors (Lipinski definition) is 2. The molecule has 0 saturated carbocycles. The van der Waals surface area contributed by atoms with Crippen LogP contribution in [0.1, 0.15) is 40.1 Å². The topological polar surface area (TPSA) is 66.4 Å². The van der Waals surface area contributed by atoms with Gasteiger partial charge in [-0.3, -0.25) is 9.59 Å². The molecule has 2 aromatic rings. The van der Waals surface area contributed by atoms with Gasteiger partial charge in [0.15, 0.2) is 5.78 Å². The van der Waals surface area contributed by atoms with Crippen LogP contribution in [0, 0.1) is 0 Å². The number of aliphatic hydroxyl groups is 1. The summed E-state index contributed by atoms with van der Waals surface area (Å²) in [4.78, 5) is 24.0. The third kappa shape index (κ3) is 4.50. The van der Waals surface area contributed by atoms with Crippen molar-refractivity contribution in [2.45, 2.75) is 32.4 Å². The van der Waals surface area contributed by atoms with Crippen LogP contribution in [0.4, 0.5) is 0 Å². The molecule has 2 aromatic carbocycles. The van der Waals surface area contributed by atoms with Gasteiger partial charge in [0.2, 0.25) is 0 Å². The van der Waals surface area contributed by atoms with Crippen molar-refractivity contribution in [1.29, 1.82) is 0 Å². The highest BCUT2D eigenvalue weighted by Crippen LogP contribution is 2.11. The summed E-state index contributed by atoms with van der Waals surface area (Å²) in [6.45, 7) is 3.18. The lowest BCUT2D eigenvalue weighted by Crippen LogP contribution is -2.42. The normalized spacial score (nSPS) is 13.2. The molecule has 0 aliphatic rings. The minimum Gasteiger partial charge on any atom is -0.391 e. The summed E-state index contributed by atoms with van der Waals surface area (Å²) in [5.41, 5.74) is 1.72. The number of Topliss-reactive ketones (excluding diaryl/α,β-unsaturated/α-hetero) is 1.